The second-order valence-electron chi connectivity index (χ2n) is 5.92. The molecule has 0 radical (unpaired) electrons. The van der Waals surface area contributed by atoms with Gasteiger partial charge in [0.25, 0.3) is 0 Å². The Morgan fingerprint density at radius 2 is 1.78 bits per heavy atom. The first-order chi connectivity index (χ1) is 11.1. The SMILES string of the molecule is CC(C)NCC(O)c1cc(CO)cc(OCc2ccccc2)c1. The molecule has 23 heavy (non-hydrogen) atoms. The highest BCUT2D eigenvalue weighted by molar-refractivity contribution is 5.35. The number of aliphatic hydroxyl groups is 2. The van der Waals surface area contributed by atoms with Gasteiger partial charge in [-0.15, -0.1) is 0 Å². The molecule has 124 valence electrons. The third-order valence-corrected chi connectivity index (χ3v) is 3.52. The Labute approximate surface area is 137 Å². The molecular formula is C19H25NO3. The van der Waals surface area contributed by atoms with Crippen molar-refractivity contribution in [1.82, 2.24) is 5.32 Å². The van der Waals surface area contributed by atoms with Crippen molar-refractivity contribution in [3.63, 3.8) is 0 Å². The molecule has 0 fully saturated rings. The van der Waals surface area contributed by atoms with Gasteiger partial charge in [0, 0.05) is 12.6 Å². The molecule has 0 heterocycles. The lowest BCUT2D eigenvalue weighted by Crippen LogP contribution is -2.27. The summed E-state index contributed by atoms with van der Waals surface area (Å²) in [5.41, 5.74) is 2.55. The van der Waals surface area contributed by atoms with E-state index in [1.807, 2.05) is 56.3 Å². The van der Waals surface area contributed by atoms with Gasteiger partial charge >= 0.3 is 0 Å². The molecule has 0 aliphatic rings. The predicted octanol–water partition coefficient (Wildman–Crippen LogP) is 2.79. The van der Waals surface area contributed by atoms with E-state index in [9.17, 15) is 10.2 Å². The molecule has 4 heteroatoms. The van der Waals surface area contributed by atoms with Gasteiger partial charge in [0.2, 0.25) is 0 Å². The number of rotatable bonds is 8. The zero-order valence-electron chi connectivity index (χ0n) is 13.7. The smallest absolute Gasteiger partial charge is 0.120 e. The summed E-state index contributed by atoms with van der Waals surface area (Å²) in [6.45, 7) is 4.90. The first-order valence-electron chi connectivity index (χ1n) is 7.91. The van der Waals surface area contributed by atoms with E-state index >= 15 is 0 Å². The maximum atomic E-state index is 10.3. The minimum atomic E-state index is -0.636. The minimum absolute atomic E-state index is 0.0835. The van der Waals surface area contributed by atoms with E-state index in [1.165, 1.54) is 0 Å². The molecule has 1 atom stereocenters. The lowest BCUT2D eigenvalue weighted by Gasteiger charge is -2.17. The van der Waals surface area contributed by atoms with E-state index in [0.29, 0.717) is 24.9 Å². The zero-order valence-corrected chi connectivity index (χ0v) is 13.7. The molecule has 1 unspecified atom stereocenters. The predicted molar refractivity (Wildman–Crippen MR) is 91.2 cm³/mol. The van der Waals surface area contributed by atoms with E-state index in [0.717, 1.165) is 16.7 Å². The Morgan fingerprint density at radius 3 is 2.43 bits per heavy atom. The largest absolute Gasteiger partial charge is 0.489 e. The third-order valence-electron chi connectivity index (χ3n) is 3.52. The van der Waals surface area contributed by atoms with Gasteiger partial charge in [-0.3, -0.25) is 0 Å². The van der Waals surface area contributed by atoms with E-state index in [-0.39, 0.29) is 6.61 Å². The van der Waals surface area contributed by atoms with Crippen LogP contribution in [0.25, 0.3) is 0 Å². The molecule has 0 saturated heterocycles. The van der Waals surface area contributed by atoms with Crippen LogP contribution in [0.1, 0.15) is 36.6 Å². The molecule has 2 aromatic carbocycles. The molecule has 4 nitrogen and oxygen atoms in total. The highest BCUT2D eigenvalue weighted by atomic mass is 16.5. The molecule has 0 aliphatic carbocycles. The first-order valence-corrected chi connectivity index (χ1v) is 7.91. The number of hydrogen-bond acceptors (Lipinski definition) is 4. The van der Waals surface area contributed by atoms with Crippen LogP contribution >= 0.6 is 0 Å². The van der Waals surface area contributed by atoms with Gasteiger partial charge in [-0.05, 0) is 28.8 Å². The van der Waals surface area contributed by atoms with Crippen LogP contribution in [0.15, 0.2) is 48.5 Å². The maximum Gasteiger partial charge on any atom is 0.120 e. The lowest BCUT2D eigenvalue weighted by atomic mass is 10.1. The quantitative estimate of drug-likeness (QED) is 0.701. The van der Waals surface area contributed by atoms with Gasteiger partial charge in [-0.25, -0.2) is 0 Å². The molecule has 0 amide bonds. The van der Waals surface area contributed by atoms with E-state index in [1.54, 1.807) is 6.07 Å². The third kappa shape index (κ3) is 5.67. The van der Waals surface area contributed by atoms with Crippen molar-refractivity contribution >= 4 is 0 Å². The fraction of sp³-hybridized carbons (Fsp3) is 0.368. The molecule has 2 aromatic rings. The highest BCUT2D eigenvalue weighted by Gasteiger charge is 2.11. The maximum absolute atomic E-state index is 10.3. The second kappa shape index (κ2) is 8.67. The Hall–Kier alpha value is -1.88. The van der Waals surface area contributed by atoms with Crippen LogP contribution in [-0.4, -0.2) is 22.8 Å². The summed E-state index contributed by atoms with van der Waals surface area (Å²) < 4.78 is 5.81. The summed E-state index contributed by atoms with van der Waals surface area (Å²) in [7, 11) is 0. The molecule has 0 aromatic heterocycles. The second-order valence-corrected chi connectivity index (χ2v) is 5.92. The van der Waals surface area contributed by atoms with Gasteiger partial charge in [0.1, 0.15) is 12.4 Å². The van der Waals surface area contributed by atoms with Crippen molar-refractivity contribution in [2.75, 3.05) is 6.54 Å². The minimum Gasteiger partial charge on any atom is -0.489 e. The van der Waals surface area contributed by atoms with Gasteiger partial charge in [-0.2, -0.15) is 0 Å². The Kier molecular flexibility index (Phi) is 6.59. The summed E-state index contributed by atoms with van der Waals surface area (Å²) in [6, 6.07) is 15.6. The van der Waals surface area contributed by atoms with Crippen LogP contribution in [0.4, 0.5) is 0 Å². The molecular weight excluding hydrogens is 290 g/mol. The number of aliphatic hydroxyl groups excluding tert-OH is 2. The highest BCUT2D eigenvalue weighted by Crippen LogP contribution is 2.23. The van der Waals surface area contributed by atoms with Crippen molar-refractivity contribution < 1.29 is 14.9 Å². The summed E-state index contributed by atoms with van der Waals surface area (Å²) in [6.07, 6.45) is -0.636. The molecule has 0 spiro atoms. The van der Waals surface area contributed by atoms with Crippen molar-refractivity contribution in [2.45, 2.75) is 39.2 Å². The molecule has 3 N–H and O–H groups in total. The molecule has 0 aliphatic heterocycles. The Morgan fingerprint density at radius 1 is 1.04 bits per heavy atom. The van der Waals surface area contributed by atoms with Crippen LogP contribution in [0, 0.1) is 0 Å². The monoisotopic (exact) mass is 315 g/mol. The van der Waals surface area contributed by atoms with Gasteiger partial charge in [0.15, 0.2) is 0 Å². The fourth-order valence-electron chi connectivity index (χ4n) is 2.26. The normalized spacial score (nSPS) is 12.4. The molecule has 0 bridgehead atoms. The zero-order chi connectivity index (χ0) is 16.7. The van der Waals surface area contributed by atoms with Gasteiger partial charge in [-0.1, -0.05) is 50.2 Å². The first kappa shape index (κ1) is 17.5. The topological polar surface area (TPSA) is 61.7 Å². The summed E-state index contributed by atoms with van der Waals surface area (Å²) in [5, 5.41) is 22.9. The summed E-state index contributed by atoms with van der Waals surface area (Å²) >= 11 is 0. The molecule has 0 saturated carbocycles. The lowest BCUT2D eigenvalue weighted by molar-refractivity contribution is 0.170. The standard InChI is InChI=1S/C19H25NO3/c1-14(2)20-11-19(22)17-8-16(12-21)9-18(10-17)23-13-15-6-4-3-5-7-15/h3-10,14,19-22H,11-13H2,1-2H3. The fourth-order valence-corrected chi connectivity index (χ4v) is 2.26. The Bertz CT molecular complexity index is 599. The van der Waals surface area contributed by atoms with Gasteiger partial charge < -0.3 is 20.3 Å². The Balaban J connectivity index is 2.08. The number of hydrogen-bond donors (Lipinski definition) is 3. The van der Waals surface area contributed by atoms with Crippen LogP contribution in [0.3, 0.4) is 0 Å². The number of ether oxygens (including phenoxy) is 1. The van der Waals surface area contributed by atoms with Crippen molar-refractivity contribution in [1.29, 1.82) is 0 Å². The van der Waals surface area contributed by atoms with Crippen LogP contribution in [0.5, 0.6) is 5.75 Å². The van der Waals surface area contributed by atoms with Crippen LogP contribution in [0.2, 0.25) is 0 Å². The van der Waals surface area contributed by atoms with E-state index < -0.39 is 6.10 Å². The average Bonchev–Trinajstić information content (AvgIpc) is 2.58. The van der Waals surface area contributed by atoms with E-state index in [4.69, 9.17) is 4.74 Å². The molecule has 2 rings (SSSR count). The van der Waals surface area contributed by atoms with Gasteiger partial charge in [0.05, 0.1) is 12.7 Å². The van der Waals surface area contributed by atoms with E-state index in [2.05, 4.69) is 5.32 Å². The van der Waals surface area contributed by atoms with Crippen LogP contribution in [-0.2, 0) is 13.2 Å². The van der Waals surface area contributed by atoms with Crippen molar-refractivity contribution in [2.24, 2.45) is 0 Å². The van der Waals surface area contributed by atoms with Crippen molar-refractivity contribution in [3.8, 4) is 5.75 Å². The number of benzene rings is 2. The summed E-state index contributed by atoms with van der Waals surface area (Å²) in [5.74, 6) is 0.652. The average molecular weight is 315 g/mol. The van der Waals surface area contributed by atoms with Crippen LogP contribution < -0.4 is 10.1 Å². The summed E-state index contributed by atoms with van der Waals surface area (Å²) in [4.78, 5) is 0. The van der Waals surface area contributed by atoms with Crippen molar-refractivity contribution in [3.05, 3.63) is 65.2 Å². The number of nitrogens with one attached hydrogen (secondary N) is 1.